The van der Waals surface area contributed by atoms with Crippen LogP contribution in [-0.4, -0.2) is 39.7 Å². The third-order valence-corrected chi connectivity index (χ3v) is 2.87. The third kappa shape index (κ3) is 4.11. The number of carboxylic acids is 1. The molecule has 7 N–H and O–H groups in total. The minimum Gasteiger partial charge on any atom is -0.481 e. The molecule has 1 aliphatic carbocycles. The zero-order valence-electron chi connectivity index (χ0n) is 10.9. The fraction of sp³-hybridized carbons (Fsp3) is 0.364. The number of nitrogens with zero attached hydrogens (tertiary/aromatic N) is 1. The van der Waals surface area contributed by atoms with Gasteiger partial charge >= 0.3 is 5.97 Å². The molecule has 21 heavy (non-hydrogen) atoms. The first-order chi connectivity index (χ1) is 9.73. The highest BCUT2D eigenvalue weighted by Crippen LogP contribution is 2.14. The largest absolute Gasteiger partial charge is 0.481 e. The molecule has 1 unspecified atom stereocenters. The summed E-state index contributed by atoms with van der Waals surface area (Å²) in [6.45, 7) is 0. The van der Waals surface area contributed by atoms with E-state index in [0.29, 0.717) is 0 Å². The molecule has 0 bridgehead atoms. The van der Waals surface area contributed by atoms with Crippen LogP contribution in [0, 0.1) is 15.5 Å². The van der Waals surface area contributed by atoms with Crippen molar-refractivity contribution in [1.29, 1.82) is 5.41 Å². The number of carbonyl (C=O) groups excluding carboxylic acids is 1. The Morgan fingerprint density at radius 1 is 1.52 bits per heavy atom. The van der Waals surface area contributed by atoms with Gasteiger partial charge in [0.05, 0.1) is 16.3 Å². The molecule has 0 aromatic heterocycles. The van der Waals surface area contributed by atoms with E-state index in [0.717, 1.165) is 6.08 Å². The second kappa shape index (κ2) is 6.61. The van der Waals surface area contributed by atoms with E-state index in [4.69, 9.17) is 22.0 Å². The summed E-state index contributed by atoms with van der Waals surface area (Å²) in [5, 5.41) is 29.7. The average Bonchev–Trinajstić information content (AvgIpc) is 2.38. The molecule has 0 spiro atoms. The van der Waals surface area contributed by atoms with Crippen molar-refractivity contribution in [2.24, 2.45) is 11.5 Å². The third-order valence-electron chi connectivity index (χ3n) is 2.87. The molecule has 0 saturated heterocycles. The first kappa shape index (κ1) is 16.3. The van der Waals surface area contributed by atoms with Gasteiger partial charge in [-0.15, -0.1) is 0 Å². The Kier molecular flexibility index (Phi) is 5.13. The number of allylic oxidation sites excluding steroid dienone is 2. The van der Waals surface area contributed by atoms with Crippen molar-refractivity contribution in [2.45, 2.75) is 24.9 Å². The lowest BCUT2D eigenvalue weighted by atomic mass is 9.99. The van der Waals surface area contributed by atoms with Crippen LogP contribution in [0.3, 0.4) is 0 Å². The van der Waals surface area contributed by atoms with Crippen molar-refractivity contribution in [3.8, 4) is 0 Å². The molecule has 114 valence electrons. The van der Waals surface area contributed by atoms with Gasteiger partial charge in [-0.05, 0) is 12.5 Å². The average molecular weight is 297 g/mol. The molecule has 0 aromatic carbocycles. The fourth-order valence-electron chi connectivity index (χ4n) is 1.72. The van der Waals surface area contributed by atoms with Gasteiger partial charge in [0.1, 0.15) is 12.1 Å². The van der Waals surface area contributed by atoms with Crippen molar-refractivity contribution in [3.05, 3.63) is 33.7 Å². The van der Waals surface area contributed by atoms with E-state index < -0.39 is 28.9 Å². The SMILES string of the molecule is N=C1C(N[C@@H](CCC(=O)O)C(N)=O)=CC=C([N+](=O)[O-])C1N. The standard InChI is InChI=1S/C11H15N5O5/c12-9-5(1-3-7(10(9)13)16(20)21)15-6(11(14)19)2-4-8(17)18/h1,3,6,10,12,15H,2,4,13H2,(H2,14,19)(H,17,18)/t6-,10?/m0/s1. The maximum Gasteiger partial charge on any atom is 0.303 e. The molecule has 0 heterocycles. The van der Waals surface area contributed by atoms with Crippen LogP contribution in [0.1, 0.15) is 12.8 Å². The van der Waals surface area contributed by atoms with Crippen molar-refractivity contribution < 1.29 is 19.6 Å². The highest BCUT2D eigenvalue weighted by Gasteiger charge is 2.31. The van der Waals surface area contributed by atoms with Crippen LogP contribution in [0.4, 0.5) is 0 Å². The van der Waals surface area contributed by atoms with Crippen molar-refractivity contribution in [1.82, 2.24) is 5.32 Å². The summed E-state index contributed by atoms with van der Waals surface area (Å²) in [4.78, 5) is 31.8. The summed E-state index contributed by atoms with van der Waals surface area (Å²) in [5.74, 6) is -1.88. The number of rotatable bonds is 7. The predicted molar refractivity (Wildman–Crippen MR) is 71.9 cm³/mol. The number of hydrogen-bond donors (Lipinski definition) is 5. The van der Waals surface area contributed by atoms with Gasteiger partial charge in [-0.25, -0.2) is 0 Å². The molecule has 1 aliphatic rings. The minimum absolute atomic E-state index is 0.0731. The maximum absolute atomic E-state index is 11.3. The highest BCUT2D eigenvalue weighted by atomic mass is 16.6. The fourth-order valence-corrected chi connectivity index (χ4v) is 1.72. The Bertz CT molecular complexity index is 553. The lowest BCUT2D eigenvalue weighted by molar-refractivity contribution is -0.427. The quantitative estimate of drug-likeness (QED) is 0.285. The van der Waals surface area contributed by atoms with E-state index in [2.05, 4.69) is 5.32 Å². The van der Waals surface area contributed by atoms with Gasteiger partial charge in [0.25, 0.3) is 5.70 Å². The van der Waals surface area contributed by atoms with Crippen molar-refractivity contribution in [2.75, 3.05) is 0 Å². The summed E-state index contributed by atoms with van der Waals surface area (Å²) in [5.41, 5.74) is 10.2. The van der Waals surface area contributed by atoms with Crippen LogP contribution < -0.4 is 16.8 Å². The Morgan fingerprint density at radius 3 is 2.62 bits per heavy atom. The van der Waals surface area contributed by atoms with Gasteiger partial charge in [-0.1, -0.05) is 0 Å². The molecule has 1 amide bonds. The lowest BCUT2D eigenvalue weighted by Crippen LogP contribution is -2.47. The number of nitro groups is 1. The Hall–Kier alpha value is -2.75. The Morgan fingerprint density at radius 2 is 2.14 bits per heavy atom. The van der Waals surface area contributed by atoms with Crippen LogP contribution in [0.2, 0.25) is 0 Å². The number of carbonyl (C=O) groups is 2. The highest BCUT2D eigenvalue weighted by molar-refractivity contribution is 6.04. The molecular formula is C11H15N5O5. The van der Waals surface area contributed by atoms with Gasteiger partial charge in [0, 0.05) is 12.5 Å². The summed E-state index contributed by atoms with van der Waals surface area (Å²) in [7, 11) is 0. The second-order valence-electron chi connectivity index (χ2n) is 4.35. The van der Waals surface area contributed by atoms with E-state index in [9.17, 15) is 19.7 Å². The summed E-state index contributed by atoms with van der Waals surface area (Å²) < 4.78 is 0. The van der Waals surface area contributed by atoms with Gasteiger partial charge in [-0.2, -0.15) is 0 Å². The van der Waals surface area contributed by atoms with E-state index in [1.54, 1.807) is 0 Å². The van der Waals surface area contributed by atoms with Crippen LogP contribution in [0.15, 0.2) is 23.5 Å². The first-order valence-corrected chi connectivity index (χ1v) is 5.92. The van der Waals surface area contributed by atoms with Crippen LogP contribution >= 0.6 is 0 Å². The molecule has 0 aliphatic heterocycles. The van der Waals surface area contributed by atoms with E-state index in [-0.39, 0.29) is 29.9 Å². The van der Waals surface area contributed by atoms with E-state index >= 15 is 0 Å². The van der Waals surface area contributed by atoms with Crippen LogP contribution in [0.5, 0.6) is 0 Å². The minimum atomic E-state index is -1.24. The molecule has 0 radical (unpaired) electrons. The Balaban J connectivity index is 2.89. The van der Waals surface area contributed by atoms with Crippen molar-refractivity contribution >= 4 is 17.6 Å². The molecule has 0 fully saturated rings. The van der Waals surface area contributed by atoms with Crippen molar-refractivity contribution in [3.63, 3.8) is 0 Å². The second-order valence-corrected chi connectivity index (χ2v) is 4.35. The number of hydrogen-bond acceptors (Lipinski definition) is 7. The maximum atomic E-state index is 11.3. The molecule has 1 rings (SSSR count). The zero-order valence-corrected chi connectivity index (χ0v) is 10.9. The van der Waals surface area contributed by atoms with Gasteiger partial charge in [0.15, 0.2) is 0 Å². The number of amides is 1. The molecule has 0 aromatic rings. The van der Waals surface area contributed by atoms with E-state index in [1.807, 2.05) is 0 Å². The smallest absolute Gasteiger partial charge is 0.303 e. The molecule has 0 saturated carbocycles. The molecule has 2 atom stereocenters. The van der Waals surface area contributed by atoms with Crippen LogP contribution in [-0.2, 0) is 9.59 Å². The monoisotopic (exact) mass is 297 g/mol. The first-order valence-electron chi connectivity index (χ1n) is 5.92. The number of aliphatic carboxylic acids is 1. The van der Waals surface area contributed by atoms with Gasteiger partial charge in [-0.3, -0.25) is 19.7 Å². The van der Waals surface area contributed by atoms with Crippen LogP contribution in [0.25, 0.3) is 0 Å². The summed E-state index contributed by atoms with van der Waals surface area (Å²) in [6, 6.07) is -2.24. The number of nitrogens with two attached hydrogens (primary N) is 2. The molecule has 10 heteroatoms. The summed E-state index contributed by atoms with van der Waals surface area (Å²) >= 11 is 0. The normalized spacial score (nSPS) is 19.3. The zero-order chi connectivity index (χ0) is 16.2. The lowest BCUT2D eigenvalue weighted by Gasteiger charge is -2.22. The number of nitrogens with one attached hydrogen (secondary N) is 2. The van der Waals surface area contributed by atoms with Gasteiger partial charge in [0.2, 0.25) is 5.91 Å². The Labute approximate surface area is 119 Å². The summed E-state index contributed by atoms with van der Waals surface area (Å²) in [6.07, 6.45) is 2.00. The number of carboxylic acid groups (broad SMARTS) is 1. The topological polar surface area (TPSA) is 185 Å². The predicted octanol–water partition coefficient (Wildman–Crippen LogP) is -1.30. The number of primary amides is 1. The van der Waals surface area contributed by atoms with Gasteiger partial charge < -0.3 is 27.3 Å². The molecule has 10 nitrogen and oxygen atoms in total. The van der Waals surface area contributed by atoms with E-state index in [1.165, 1.54) is 6.08 Å². The molecular weight excluding hydrogens is 282 g/mol.